The fourth-order valence-corrected chi connectivity index (χ4v) is 2.51. The first-order valence-electron chi connectivity index (χ1n) is 5.93. The first-order valence-corrected chi connectivity index (χ1v) is 7.70. The van der Waals surface area contributed by atoms with Crippen LogP contribution < -0.4 is 0 Å². The zero-order valence-corrected chi connectivity index (χ0v) is 12.5. The molecule has 0 aliphatic rings. The van der Waals surface area contributed by atoms with Gasteiger partial charge in [-0.05, 0) is 17.7 Å². The minimum absolute atomic E-state index is 0.0956. The minimum Gasteiger partial charge on any atom is -0.340 e. The molecule has 1 aromatic heterocycles. The van der Waals surface area contributed by atoms with Crippen LogP contribution in [0.1, 0.15) is 10.5 Å². The maximum atomic E-state index is 12.2. The Balaban J connectivity index is 2.32. The topological polar surface area (TPSA) is 33.2 Å². The van der Waals surface area contributed by atoms with E-state index >= 15 is 0 Å². The van der Waals surface area contributed by atoms with Gasteiger partial charge in [0.25, 0.3) is 5.91 Å². The van der Waals surface area contributed by atoms with E-state index in [1.165, 1.54) is 0 Å². The lowest BCUT2D eigenvalue weighted by molar-refractivity contribution is 0.0798. The van der Waals surface area contributed by atoms with Crippen molar-refractivity contribution in [2.75, 3.05) is 25.6 Å². The van der Waals surface area contributed by atoms with Gasteiger partial charge < -0.3 is 4.90 Å². The highest BCUT2D eigenvalue weighted by molar-refractivity contribution is 7.98. The molecule has 0 spiro atoms. The number of rotatable bonds is 4. The molecule has 19 heavy (non-hydrogen) atoms. The number of thioether (sulfide) groups is 1. The maximum Gasteiger partial charge on any atom is 0.272 e. The number of carbonyl (C=O) groups is 1. The molecule has 3 nitrogen and oxygen atoms in total. The van der Waals surface area contributed by atoms with Gasteiger partial charge in [-0.2, -0.15) is 11.8 Å². The van der Waals surface area contributed by atoms with Crippen molar-refractivity contribution < 1.29 is 4.79 Å². The number of pyridine rings is 1. The molecule has 0 bridgehead atoms. The van der Waals surface area contributed by atoms with Crippen LogP contribution in [-0.4, -0.2) is 41.4 Å². The Morgan fingerprint density at radius 1 is 1.42 bits per heavy atom. The first kappa shape index (κ1) is 14.2. The molecule has 2 aromatic rings. The Kier molecular flexibility index (Phi) is 4.66. The summed E-state index contributed by atoms with van der Waals surface area (Å²) < 4.78 is 0. The van der Waals surface area contributed by atoms with Gasteiger partial charge in [0.1, 0.15) is 10.8 Å². The van der Waals surface area contributed by atoms with E-state index in [1.54, 1.807) is 29.8 Å². The molecule has 0 radical (unpaired) electrons. The van der Waals surface area contributed by atoms with E-state index in [2.05, 4.69) is 4.98 Å². The standard InChI is InChI=1S/C14H15ClN2OS/c1-17(7-8-19-2)14(18)12-9-10-5-3-4-6-11(10)13(15)16-12/h3-6,9H,7-8H2,1-2H3. The van der Waals surface area contributed by atoms with Crippen LogP contribution in [0, 0.1) is 0 Å². The first-order chi connectivity index (χ1) is 9.13. The highest BCUT2D eigenvalue weighted by atomic mass is 35.5. The van der Waals surface area contributed by atoms with E-state index in [9.17, 15) is 4.79 Å². The zero-order chi connectivity index (χ0) is 13.8. The van der Waals surface area contributed by atoms with Gasteiger partial charge in [0, 0.05) is 24.7 Å². The summed E-state index contributed by atoms with van der Waals surface area (Å²) >= 11 is 7.84. The van der Waals surface area contributed by atoms with Crippen LogP contribution in [0.4, 0.5) is 0 Å². The number of nitrogens with zero attached hydrogens (tertiary/aromatic N) is 2. The molecule has 2 rings (SSSR count). The summed E-state index contributed by atoms with van der Waals surface area (Å²) in [5, 5.41) is 2.18. The summed E-state index contributed by atoms with van der Waals surface area (Å²) in [4.78, 5) is 18.1. The number of hydrogen-bond donors (Lipinski definition) is 0. The second-order valence-electron chi connectivity index (χ2n) is 4.24. The fraction of sp³-hybridized carbons (Fsp3) is 0.286. The lowest BCUT2D eigenvalue weighted by Crippen LogP contribution is -2.29. The summed E-state index contributed by atoms with van der Waals surface area (Å²) in [6.07, 6.45) is 2.02. The molecule has 0 unspecified atom stereocenters. The summed E-state index contributed by atoms with van der Waals surface area (Å²) in [5.74, 6) is 0.811. The summed E-state index contributed by atoms with van der Waals surface area (Å²) in [6, 6.07) is 9.45. The number of halogens is 1. The normalized spacial score (nSPS) is 10.7. The zero-order valence-electron chi connectivity index (χ0n) is 10.9. The van der Waals surface area contributed by atoms with Crippen LogP contribution in [-0.2, 0) is 0 Å². The van der Waals surface area contributed by atoms with Gasteiger partial charge in [-0.3, -0.25) is 4.79 Å². The Morgan fingerprint density at radius 3 is 2.89 bits per heavy atom. The second-order valence-corrected chi connectivity index (χ2v) is 5.58. The van der Waals surface area contributed by atoms with Crippen LogP contribution in [0.2, 0.25) is 5.15 Å². The maximum absolute atomic E-state index is 12.2. The molecule has 100 valence electrons. The number of fused-ring (bicyclic) bond motifs is 1. The monoisotopic (exact) mass is 294 g/mol. The lowest BCUT2D eigenvalue weighted by atomic mass is 10.1. The third-order valence-corrected chi connectivity index (χ3v) is 3.77. The fourth-order valence-electron chi connectivity index (χ4n) is 1.79. The van der Waals surface area contributed by atoms with Gasteiger partial charge in [-0.15, -0.1) is 0 Å². The van der Waals surface area contributed by atoms with E-state index in [4.69, 9.17) is 11.6 Å². The van der Waals surface area contributed by atoms with E-state index < -0.39 is 0 Å². The molecule has 0 fully saturated rings. The third-order valence-electron chi connectivity index (χ3n) is 2.89. The quantitative estimate of drug-likeness (QED) is 0.811. The van der Waals surface area contributed by atoms with E-state index in [-0.39, 0.29) is 5.91 Å². The van der Waals surface area contributed by atoms with Crippen molar-refractivity contribution in [3.8, 4) is 0 Å². The van der Waals surface area contributed by atoms with E-state index in [0.717, 1.165) is 16.5 Å². The number of hydrogen-bond acceptors (Lipinski definition) is 3. The third kappa shape index (κ3) is 3.19. The van der Waals surface area contributed by atoms with Gasteiger partial charge in [0.05, 0.1) is 0 Å². The van der Waals surface area contributed by atoms with E-state index in [0.29, 0.717) is 17.4 Å². The second kappa shape index (κ2) is 6.26. The minimum atomic E-state index is -0.0956. The van der Waals surface area contributed by atoms with Crippen molar-refractivity contribution >= 4 is 40.0 Å². The van der Waals surface area contributed by atoms with Crippen molar-refractivity contribution in [2.24, 2.45) is 0 Å². The van der Waals surface area contributed by atoms with Crippen LogP contribution in [0.5, 0.6) is 0 Å². The Hall–Kier alpha value is -1.26. The summed E-state index contributed by atoms with van der Waals surface area (Å²) in [7, 11) is 1.78. The molecule has 0 atom stereocenters. The number of benzene rings is 1. The Labute approximate surface area is 122 Å². The summed E-state index contributed by atoms with van der Waals surface area (Å²) in [6.45, 7) is 0.701. The number of aromatic nitrogens is 1. The summed E-state index contributed by atoms with van der Waals surface area (Å²) in [5.41, 5.74) is 0.396. The van der Waals surface area contributed by atoms with Crippen molar-refractivity contribution in [3.05, 3.63) is 41.2 Å². The smallest absolute Gasteiger partial charge is 0.272 e. The molecule has 1 amide bonds. The molecule has 0 saturated heterocycles. The Morgan fingerprint density at radius 2 is 2.16 bits per heavy atom. The highest BCUT2D eigenvalue weighted by Crippen LogP contribution is 2.22. The van der Waals surface area contributed by atoms with Gasteiger partial charge in [-0.25, -0.2) is 4.98 Å². The van der Waals surface area contributed by atoms with E-state index in [1.807, 2.05) is 30.5 Å². The van der Waals surface area contributed by atoms with Crippen LogP contribution in [0.3, 0.4) is 0 Å². The van der Waals surface area contributed by atoms with Crippen LogP contribution in [0.15, 0.2) is 30.3 Å². The number of amides is 1. The van der Waals surface area contributed by atoms with Gasteiger partial charge >= 0.3 is 0 Å². The van der Waals surface area contributed by atoms with Gasteiger partial charge in [0.2, 0.25) is 0 Å². The molecular formula is C14H15ClN2OS. The van der Waals surface area contributed by atoms with Crippen molar-refractivity contribution in [2.45, 2.75) is 0 Å². The van der Waals surface area contributed by atoms with Crippen molar-refractivity contribution in [1.29, 1.82) is 0 Å². The molecule has 0 aliphatic carbocycles. The molecule has 0 N–H and O–H groups in total. The largest absolute Gasteiger partial charge is 0.340 e. The molecular weight excluding hydrogens is 280 g/mol. The van der Waals surface area contributed by atoms with Crippen molar-refractivity contribution in [1.82, 2.24) is 9.88 Å². The van der Waals surface area contributed by atoms with Crippen molar-refractivity contribution in [3.63, 3.8) is 0 Å². The highest BCUT2D eigenvalue weighted by Gasteiger charge is 2.15. The Bertz CT molecular complexity index is 603. The molecule has 1 aromatic carbocycles. The van der Waals surface area contributed by atoms with Crippen LogP contribution >= 0.6 is 23.4 Å². The predicted molar refractivity (Wildman–Crippen MR) is 82.1 cm³/mol. The van der Waals surface area contributed by atoms with Crippen LogP contribution in [0.25, 0.3) is 10.8 Å². The average molecular weight is 295 g/mol. The lowest BCUT2D eigenvalue weighted by Gasteiger charge is -2.16. The SMILES string of the molecule is CSCCN(C)C(=O)c1cc2ccccc2c(Cl)n1. The molecule has 0 saturated carbocycles. The molecule has 5 heteroatoms. The molecule has 0 aliphatic heterocycles. The van der Waals surface area contributed by atoms with Gasteiger partial charge in [0.15, 0.2) is 0 Å². The van der Waals surface area contributed by atoms with Gasteiger partial charge in [-0.1, -0.05) is 35.9 Å². The predicted octanol–water partition coefficient (Wildman–Crippen LogP) is 3.32. The molecule has 1 heterocycles. The number of carbonyl (C=O) groups excluding carboxylic acids is 1. The average Bonchev–Trinajstić information content (AvgIpc) is 2.43.